The normalized spacial score (nSPS) is 15.1. The van der Waals surface area contributed by atoms with Crippen LogP contribution in [0, 0.1) is 12.7 Å². The first kappa shape index (κ1) is 17.5. The summed E-state index contributed by atoms with van der Waals surface area (Å²) in [5.74, 6) is -0.159. The van der Waals surface area contributed by atoms with Gasteiger partial charge in [0.15, 0.2) is 16.6 Å². The van der Waals surface area contributed by atoms with Crippen LogP contribution in [-0.2, 0) is 6.42 Å². The molecule has 0 bridgehead atoms. The highest BCUT2D eigenvalue weighted by atomic mass is 19.1. The lowest BCUT2D eigenvalue weighted by atomic mass is 9.94. The van der Waals surface area contributed by atoms with Crippen molar-refractivity contribution in [2.75, 3.05) is 0 Å². The molecule has 0 aliphatic carbocycles. The fourth-order valence-electron chi connectivity index (χ4n) is 3.55. The highest BCUT2D eigenvalue weighted by Gasteiger charge is 2.31. The van der Waals surface area contributed by atoms with Gasteiger partial charge < -0.3 is 13.6 Å². The number of hydrogen-bond acceptors (Lipinski definition) is 5. The molecule has 0 saturated heterocycles. The smallest absolute Gasteiger partial charge is 0.372 e. The first-order chi connectivity index (χ1) is 12.7. The molecule has 1 aromatic carbocycles. The zero-order chi connectivity index (χ0) is 19.5. The van der Waals surface area contributed by atoms with Crippen molar-refractivity contribution in [2.45, 2.75) is 46.1 Å². The van der Waals surface area contributed by atoms with Crippen LogP contribution in [0.4, 0.5) is 4.39 Å². The van der Waals surface area contributed by atoms with Crippen molar-refractivity contribution < 1.29 is 18.0 Å². The first-order valence-electron chi connectivity index (χ1n) is 8.87. The third kappa shape index (κ3) is 2.59. The Morgan fingerprint density at radius 1 is 1.11 bits per heavy atom. The highest BCUT2D eigenvalue weighted by Crippen LogP contribution is 2.44. The van der Waals surface area contributed by atoms with Gasteiger partial charge >= 0.3 is 5.63 Å². The third-order valence-electron chi connectivity index (χ3n) is 4.70. The van der Waals surface area contributed by atoms with Gasteiger partial charge in [-0.05, 0) is 39.3 Å². The van der Waals surface area contributed by atoms with Crippen LogP contribution >= 0.6 is 0 Å². The van der Waals surface area contributed by atoms with Gasteiger partial charge in [0.1, 0.15) is 22.5 Å². The van der Waals surface area contributed by atoms with Crippen molar-refractivity contribution in [3.63, 3.8) is 0 Å². The van der Waals surface area contributed by atoms with Crippen molar-refractivity contribution >= 4 is 28.0 Å². The van der Waals surface area contributed by atoms with Crippen LogP contribution in [0.3, 0.4) is 0 Å². The molecule has 0 amide bonds. The van der Waals surface area contributed by atoms with E-state index in [1.54, 1.807) is 6.92 Å². The van der Waals surface area contributed by atoms with Gasteiger partial charge in [0.25, 0.3) is 0 Å². The summed E-state index contributed by atoms with van der Waals surface area (Å²) in [7, 11) is 0. The lowest BCUT2D eigenvalue weighted by molar-refractivity contribution is 0.161. The van der Waals surface area contributed by atoms with Gasteiger partial charge in [0.2, 0.25) is 5.82 Å². The van der Waals surface area contributed by atoms with Crippen LogP contribution in [0.15, 0.2) is 30.6 Å². The molecule has 0 unspecified atom stereocenters. The SMILES string of the molecule is CCCc1c(F)c(=O)oc2c1c1c(c3oc(C)cc(=O)c32)C=CC(C)(C)O1. The quantitative estimate of drug-likeness (QED) is 0.491. The number of ether oxygens (including phenoxy) is 1. The van der Waals surface area contributed by atoms with Gasteiger partial charge in [-0.2, -0.15) is 4.39 Å². The van der Waals surface area contributed by atoms with Crippen molar-refractivity contribution in [3.8, 4) is 5.75 Å². The minimum atomic E-state index is -1.10. The zero-order valence-corrected chi connectivity index (χ0v) is 15.6. The molecule has 0 fully saturated rings. The number of halogens is 1. The Labute approximate surface area is 154 Å². The molecule has 0 radical (unpaired) electrons. The maximum Gasteiger partial charge on any atom is 0.372 e. The Hall–Kier alpha value is -2.89. The molecule has 5 nitrogen and oxygen atoms in total. The van der Waals surface area contributed by atoms with Crippen LogP contribution in [0.5, 0.6) is 5.75 Å². The molecule has 27 heavy (non-hydrogen) atoms. The van der Waals surface area contributed by atoms with E-state index in [1.807, 2.05) is 32.9 Å². The maximum absolute atomic E-state index is 14.7. The van der Waals surface area contributed by atoms with Gasteiger partial charge in [-0.1, -0.05) is 13.3 Å². The standard InChI is InChI=1S/C21H19FO5/c1-5-6-11-14-18-12(7-8-21(3,4)27-18)17-15(13(23)9-10(2)25-17)19(14)26-20(24)16(11)22/h7-9H,5-6H2,1-4H3. The number of rotatable bonds is 2. The molecular weight excluding hydrogens is 351 g/mol. The van der Waals surface area contributed by atoms with E-state index >= 15 is 0 Å². The van der Waals surface area contributed by atoms with Crippen LogP contribution < -0.4 is 15.8 Å². The average Bonchev–Trinajstić information content (AvgIpc) is 2.57. The second-order valence-electron chi connectivity index (χ2n) is 7.34. The number of aryl methyl sites for hydroxylation is 2. The molecule has 0 atom stereocenters. The summed E-state index contributed by atoms with van der Waals surface area (Å²) in [6, 6.07) is 1.33. The summed E-state index contributed by atoms with van der Waals surface area (Å²) >= 11 is 0. The Morgan fingerprint density at radius 3 is 2.56 bits per heavy atom. The number of benzene rings is 1. The summed E-state index contributed by atoms with van der Waals surface area (Å²) in [5.41, 5.74) is -1.07. The van der Waals surface area contributed by atoms with Crippen LogP contribution in [0.2, 0.25) is 0 Å². The molecule has 6 heteroatoms. The molecule has 3 heterocycles. The Morgan fingerprint density at radius 2 is 1.85 bits per heavy atom. The molecule has 4 rings (SSSR count). The Bertz CT molecular complexity index is 1240. The predicted octanol–water partition coefficient (Wildman–Crippen LogP) is 4.48. The molecule has 140 valence electrons. The lowest BCUT2D eigenvalue weighted by Gasteiger charge is -2.29. The van der Waals surface area contributed by atoms with Crippen molar-refractivity contribution in [3.05, 3.63) is 55.5 Å². The highest BCUT2D eigenvalue weighted by molar-refractivity contribution is 6.10. The molecule has 2 aromatic heterocycles. The van der Waals surface area contributed by atoms with Crippen LogP contribution in [0.1, 0.15) is 44.1 Å². The lowest BCUT2D eigenvalue weighted by Crippen LogP contribution is -2.28. The average molecular weight is 370 g/mol. The van der Waals surface area contributed by atoms with E-state index in [0.29, 0.717) is 35.3 Å². The molecular formula is C21H19FO5. The Balaban J connectivity index is 2.35. The zero-order valence-electron chi connectivity index (χ0n) is 15.6. The van der Waals surface area contributed by atoms with E-state index in [1.165, 1.54) is 6.07 Å². The minimum Gasteiger partial charge on any atom is -0.482 e. The van der Waals surface area contributed by atoms with E-state index < -0.39 is 17.0 Å². The fraction of sp³-hybridized carbons (Fsp3) is 0.333. The van der Waals surface area contributed by atoms with Gasteiger partial charge in [-0.25, -0.2) is 4.79 Å². The summed E-state index contributed by atoms with van der Waals surface area (Å²) in [5, 5.41) is 0.446. The molecule has 0 saturated carbocycles. The van der Waals surface area contributed by atoms with Crippen molar-refractivity contribution in [2.24, 2.45) is 0 Å². The molecule has 0 spiro atoms. The maximum atomic E-state index is 14.7. The third-order valence-corrected chi connectivity index (χ3v) is 4.70. The van der Waals surface area contributed by atoms with Gasteiger partial charge in [-0.3, -0.25) is 4.79 Å². The van der Waals surface area contributed by atoms with Crippen LogP contribution in [-0.4, -0.2) is 5.60 Å². The van der Waals surface area contributed by atoms with E-state index in [-0.39, 0.29) is 27.5 Å². The summed E-state index contributed by atoms with van der Waals surface area (Å²) in [4.78, 5) is 24.8. The van der Waals surface area contributed by atoms with Crippen molar-refractivity contribution in [1.82, 2.24) is 0 Å². The second kappa shape index (κ2) is 5.81. The van der Waals surface area contributed by atoms with E-state index in [2.05, 4.69) is 0 Å². The second-order valence-corrected chi connectivity index (χ2v) is 7.34. The van der Waals surface area contributed by atoms with Crippen LogP contribution in [0.25, 0.3) is 28.0 Å². The van der Waals surface area contributed by atoms with E-state index in [4.69, 9.17) is 13.6 Å². The molecule has 1 aliphatic heterocycles. The topological polar surface area (TPSA) is 69.7 Å². The molecule has 1 aliphatic rings. The fourth-order valence-corrected chi connectivity index (χ4v) is 3.55. The molecule has 3 aromatic rings. The predicted molar refractivity (Wildman–Crippen MR) is 101 cm³/mol. The summed E-state index contributed by atoms with van der Waals surface area (Å²) in [6.07, 6.45) is 4.58. The summed E-state index contributed by atoms with van der Waals surface area (Å²) < 4.78 is 31.8. The monoisotopic (exact) mass is 370 g/mol. The van der Waals surface area contributed by atoms with E-state index in [9.17, 15) is 14.0 Å². The van der Waals surface area contributed by atoms with Gasteiger partial charge in [-0.15, -0.1) is 0 Å². The number of fused-ring (bicyclic) bond motifs is 6. The summed E-state index contributed by atoms with van der Waals surface area (Å²) in [6.45, 7) is 7.28. The number of hydrogen-bond donors (Lipinski definition) is 0. The van der Waals surface area contributed by atoms with Gasteiger partial charge in [0.05, 0.1) is 10.9 Å². The minimum absolute atomic E-state index is 0.0125. The Kier molecular flexibility index (Phi) is 3.77. The first-order valence-corrected chi connectivity index (χ1v) is 8.87. The van der Waals surface area contributed by atoms with E-state index in [0.717, 1.165) is 0 Å². The van der Waals surface area contributed by atoms with Gasteiger partial charge in [0, 0.05) is 11.6 Å². The molecule has 0 N–H and O–H groups in total. The van der Waals surface area contributed by atoms with Crippen molar-refractivity contribution in [1.29, 1.82) is 0 Å². The largest absolute Gasteiger partial charge is 0.482 e.